The van der Waals surface area contributed by atoms with Gasteiger partial charge in [-0.25, -0.2) is 19.2 Å². The van der Waals surface area contributed by atoms with Gasteiger partial charge in [0.2, 0.25) is 12.4 Å². The number of carbonyl (C=O) groups excluding carboxylic acids is 4. The predicted molar refractivity (Wildman–Crippen MR) is 74.3 cm³/mol. The standard InChI is InChI=1S/C14H8F12O9/c1-2(31-7(27)11(15,16)17)3-4(33-8(28)12(18,19)20)5(34-9(29)13(21,22)23)6(32-3)35-10(30)14(24,25)26/h2-6H,1H3. The Labute approximate surface area is 183 Å². The monoisotopic (exact) mass is 548 g/mol. The quantitative estimate of drug-likeness (QED) is 0.290. The van der Waals surface area contributed by atoms with Crippen LogP contribution in [-0.4, -0.2) is 79.3 Å². The zero-order valence-corrected chi connectivity index (χ0v) is 16.1. The van der Waals surface area contributed by atoms with E-state index in [0.29, 0.717) is 6.92 Å². The molecule has 5 atom stereocenters. The molecule has 0 saturated carbocycles. The largest absolute Gasteiger partial charge is 0.491 e. The molecule has 1 fully saturated rings. The molecule has 0 amide bonds. The summed E-state index contributed by atoms with van der Waals surface area (Å²) in [6, 6.07) is 0. The van der Waals surface area contributed by atoms with Gasteiger partial charge in [0.25, 0.3) is 0 Å². The first-order valence-corrected chi connectivity index (χ1v) is 8.23. The summed E-state index contributed by atoms with van der Waals surface area (Å²) in [5.74, 6) is -13.0. The number of carbonyl (C=O) groups is 4. The molecule has 1 heterocycles. The second-order valence-corrected chi connectivity index (χ2v) is 6.22. The average Bonchev–Trinajstić information content (AvgIpc) is 2.95. The molecule has 0 spiro atoms. The fraction of sp³-hybridized carbons (Fsp3) is 0.714. The van der Waals surface area contributed by atoms with Crippen LogP contribution in [0.25, 0.3) is 0 Å². The van der Waals surface area contributed by atoms with E-state index in [0.717, 1.165) is 0 Å². The molecule has 0 bridgehead atoms. The van der Waals surface area contributed by atoms with Crippen molar-refractivity contribution in [2.24, 2.45) is 0 Å². The molecule has 21 heteroatoms. The van der Waals surface area contributed by atoms with E-state index < -0.39 is 79.3 Å². The number of hydrogen-bond donors (Lipinski definition) is 0. The molecule has 0 aromatic carbocycles. The number of hydrogen-bond acceptors (Lipinski definition) is 9. The smallest absolute Gasteiger partial charge is 0.453 e. The first-order valence-electron chi connectivity index (χ1n) is 8.23. The van der Waals surface area contributed by atoms with Crippen LogP contribution in [0.2, 0.25) is 0 Å². The maximum absolute atomic E-state index is 12.6. The zero-order chi connectivity index (χ0) is 27.7. The van der Waals surface area contributed by atoms with E-state index in [1.807, 2.05) is 0 Å². The van der Waals surface area contributed by atoms with Crippen molar-refractivity contribution in [2.45, 2.75) is 62.3 Å². The number of esters is 4. The van der Waals surface area contributed by atoms with Gasteiger partial charge in [0, 0.05) is 0 Å². The Morgan fingerprint density at radius 3 is 1.31 bits per heavy atom. The van der Waals surface area contributed by atoms with Crippen molar-refractivity contribution in [2.75, 3.05) is 0 Å². The van der Waals surface area contributed by atoms with Gasteiger partial charge in [0.1, 0.15) is 12.2 Å². The molecule has 9 nitrogen and oxygen atoms in total. The van der Waals surface area contributed by atoms with Crippen molar-refractivity contribution < 1.29 is 95.5 Å². The molecular formula is C14H8F12O9. The summed E-state index contributed by atoms with van der Waals surface area (Å²) in [5.41, 5.74) is 0. The molecule has 1 saturated heterocycles. The van der Waals surface area contributed by atoms with Crippen LogP contribution in [0.1, 0.15) is 6.92 Å². The summed E-state index contributed by atoms with van der Waals surface area (Å²) in [6.45, 7) is 0.360. The second kappa shape index (κ2) is 9.93. The maximum Gasteiger partial charge on any atom is 0.491 e. The lowest BCUT2D eigenvalue weighted by molar-refractivity contribution is -0.244. The molecule has 1 rings (SSSR count). The Morgan fingerprint density at radius 1 is 0.600 bits per heavy atom. The predicted octanol–water partition coefficient (Wildman–Crippen LogP) is 2.26. The van der Waals surface area contributed by atoms with Gasteiger partial charge in [-0.2, -0.15) is 52.7 Å². The average molecular weight is 548 g/mol. The first-order chi connectivity index (χ1) is 15.5. The van der Waals surface area contributed by atoms with Gasteiger partial charge >= 0.3 is 48.6 Å². The summed E-state index contributed by atoms with van der Waals surface area (Å²) >= 11 is 0. The normalized spacial score (nSPS) is 24.4. The van der Waals surface area contributed by atoms with Gasteiger partial charge < -0.3 is 23.7 Å². The zero-order valence-electron chi connectivity index (χ0n) is 16.1. The second-order valence-electron chi connectivity index (χ2n) is 6.22. The topological polar surface area (TPSA) is 114 Å². The highest BCUT2D eigenvalue weighted by Crippen LogP contribution is 2.35. The van der Waals surface area contributed by atoms with Gasteiger partial charge in [-0.3, -0.25) is 0 Å². The van der Waals surface area contributed by atoms with Gasteiger partial charge in [-0.15, -0.1) is 0 Å². The number of halogens is 12. The highest BCUT2D eigenvalue weighted by Gasteiger charge is 2.60. The van der Waals surface area contributed by atoms with Crippen LogP contribution in [0.15, 0.2) is 0 Å². The molecule has 202 valence electrons. The van der Waals surface area contributed by atoms with Crippen molar-refractivity contribution in [3.05, 3.63) is 0 Å². The van der Waals surface area contributed by atoms with Gasteiger partial charge in [0.05, 0.1) is 0 Å². The molecule has 1 aliphatic heterocycles. The Kier molecular flexibility index (Phi) is 8.52. The summed E-state index contributed by atoms with van der Waals surface area (Å²) in [4.78, 5) is 44.2. The Balaban J connectivity index is 3.46. The van der Waals surface area contributed by atoms with Crippen LogP contribution in [0, 0.1) is 0 Å². The van der Waals surface area contributed by atoms with E-state index in [2.05, 4.69) is 23.7 Å². The van der Waals surface area contributed by atoms with E-state index in [1.54, 1.807) is 0 Å². The van der Waals surface area contributed by atoms with Crippen molar-refractivity contribution in [1.82, 2.24) is 0 Å². The summed E-state index contributed by atoms with van der Waals surface area (Å²) < 4.78 is 169. The lowest BCUT2D eigenvalue weighted by Gasteiger charge is -2.27. The van der Waals surface area contributed by atoms with E-state index in [-0.39, 0.29) is 0 Å². The van der Waals surface area contributed by atoms with Crippen LogP contribution < -0.4 is 0 Å². The minimum atomic E-state index is -5.98. The third-order valence-corrected chi connectivity index (χ3v) is 3.60. The SMILES string of the molecule is CC(OC(=O)C(F)(F)F)C1OC(OC(=O)C(F)(F)F)C(OC(=O)C(F)(F)F)C1OC(=O)C(F)(F)F. The van der Waals surface area contributed by atoms with Gasteiger partial charge in [-0.1, -0.05) is 0 Å². The fourth-order valence-electron chi connectivity index (χ4n) is 2.24. The lowest BCUT2D eigenvalue weighted by Crippen LogP contribution is -2.48. The number of alkyl halides is 12. The van der Waals surface area contributed by atoms with Crippen molar-refractivity contribution in [3.8, 4) is 0 Å². The van der Waals surface area contributed by atoms with E-state index in [9.17, 15) is 71.9 Å². The van der Waals surface area contributed by atoms with Crippen LogP contribution in [0.3, 0.4) is 0 Å². The molecule has 0 aromatic rings. The van der Waals surface area contributed by atoms with Gasteiger partial charge in [-0.05, 0) is 6.92 Å². The molecule has 0 aromatic heterocycles. The Hall–Kier alpha value is -3.00. The summed E-state index contributed by atoms with van der Waals surface area (Å²) in [6.07, 6.45) is -38.6. The van der Waals surface area contributed by atoms with E-state index in [1.165, 1.54) is 0 Å². The first kappa shape index (κ1) is 30.0. The fourth-order valence-corrected chi connectivity index (χ4v) is 2.24. The molecule has 0 aliphatic carbocycles. The van der Waals surface area contributed by atoms with Crippen LogP contribution >= 0.6 is 0 Å². The van der Waals surface area contributed by atoms with Crippen molar-refractivity contribution >= 4 is 23.9 Å². The lowest BCUT2D eigenvalue weighted by atomic mass is 10.1. The molecule has 35 heavy (non-hydrogen) atoms. The summed E-state index contributed by atoms with van der Waals surface area (Å²) in [5, 5.41) is 0. The molecule has 0 radical (unpaired) electrons. The van der Waals surface area contributed by atoms with Crippen LogP contribution in [0.5, 0.6) is 0 Å². The number of ether oxygens (including phenoxy) is 5. The third-order valence-electron chi connectivity index (χ3n) is 3.60. The van der Waals surface area contributed by atoms with E-state index in [4.69, 9.17) is 0 Å². The van der Waals surface area contributed by atoms with Crippen molar-refractivity contribution in [1.29, 1.82) is 0 Å². The van der Waals surface area contributed by atoms with Crippen LogP contribution in [-0.2, 0) is 42.9 Å². The Bertz CT molecular complexity index is 829. The van der Waals surface area contributed by atoms with Crippen molar-refractivity contribution in [3.63, 3.8) is 0 Å². The molecule has 0 N–H and O–H groups in total. The summed E-state index contributed by atoms with van der Waals surface area (Å²) in [7, 11) is 0. The molecular weight excluding hydrogens is 540 g/mol. The minimum absolute atomic E-state index is 0.360. The van der Waals surface area contributed by atoms with Gasteiger partial charge in [0.15, 0.2) is 6.10 Å². The highest BCUT2D eigenvalue weighted by molar-refractivity contribution is 5.78. The van der Waals surface area contributed by atoms with E-state index >= 15 is 0 Å². The minimum Gasteiger partial charge on any atom is -0.453 e. The van der Waals surface area contributed by atoms with Crippen LogP contribution in [0.4, 0.5) is 52.7 Å². The molecule has 5 unspecified atom stereocenters. The third kappa shape index (κ3) is 8.02. The highest BCUT2D eigenvalue weighted by atomic mass is 19.4. The Morgan fingerprint density at radius 2 is 0.943 bits per heavy atom. The number of rotatable bonds is 5. The maximum atomic E-state index is 12.6. The molecule has 1 aliphatic rings.